The molecule has 6 rings (SSSR count). The van der Waals surface area contributed by atoms with Gasteiger partial charge in [-0.3, -0.25) is 4.79 Å². The summed E-state index contributed by atoms with van der Waals surface area (Å²) in [5.41, 5.74) is 4.79. The van der Waals surface area contributed by atoms with Gasteiger partial charge in [0.15, 0.2) is 11.9 Å². The Hall–Kier alpha value is -4.07. The number of benzene rings is 2. The van der Waals surface area contributed by atoms with E-state index in [2.05, 4.69) is 27.2 Å². The number of hydrogen-bond donors (Lipinski definition) is 0. The highest BCUT2D eigenvalue weighted by atomic mass is 16.6. The molecule has 8 nitrogen and oxygen atoms in total. The number of piperidine rings is 1. The van der Waals surface area contributed by atoms with E-state index in [1.54, 1.807) is 13.4 Å². The van der Waals surface area contributed by atoms with Crippen molar-refractivity contribution in [3.05, 3.63) is 83.4 Å². The summed E-state index contributed by atoms with van der Waals surface area (Å²) in [5.74, 6) is 1.70. The molecule has 1 amide bonds. The number of carbonyl (C=O) groups excluding carboxylic acids is 1. The smallest absolute Gasteiger partial charge is 0.254 e. The molecule has 3 aromatic rings. The van der Waals surface area contributed by atoms with Crippen molar-refractivity contribution in [2.45, 2.75) is 31.9 Å². The summed E-state index contributed by atoms with van der Waals surface area (Å²) < 4.78 is 7.66. The lowest BCUT2D eigenvalue weighted by molar-refractivity contribution is 0.00501. The molecule has 0 aliphatic carbocycles. The van der Waals surface area contributed by atoms with Gasteiger partial charge in [0.05, 0.1) is 37.4 Å². The van der Waals surface area contributed by atoms with Crippen molar-refractivity contribution in [1.82, 2.24) is 19.4 Å². The number of amidine groups is 1. The molecule has 4 heterocycles. The fourth-order valence-corrected chi connectivity index (χ4v) is 5.37. The van der Waals surface area contributed by atoms with Crippen molar-refractivity contribution in [3.63, 3.8) is 0 Å². The van der Waals surface area contributed by atoms with Crippen LogP contribution in [0.2, 0.25) is 0 Å². The number of amides is 1. The number of aromatic nitrogens is 2. The van der Waals surface area contributed by atoms with Gasteiger partial charge in [-0.1, -0.05) is 29.4 Å². The Labute approximate surface area is 210 Å². The van der Waals surface area contributed by atoms with Gasteiger partial charge in [-0.2, -0.15) is 0 Å². The van der Waals surface area contributed by atoms with Gasteiger partial charge in [0.25, 0.3) is 5.91 Å². The summed E-state index contributed by atoms with van der Waals surface area (Å²) in [4.78, 5) is 27.5. The van der Waals surface area contributed by atoms with E-state index >= 15 is 0 Å². The highest BCUT2D eigenvalue weighted by molar-refractivity contribution is 6.03. The molecule has 2 saturated heterocycles. The van der Waals surface area contributed by atoms with E-state index in [0.717, 1.165) is 53.5 Å². The molecule has 3 aliphatic rings. The molecule has 2 fully saturated rings. The second-order valence-corrected chi connectivity index (χ2v) is 9.52. The van der Waals surface area contributed by atoms with Gasteiger partial charge in [-0.15, -0.1) is 0 Å². The first-order valence-electron chi connectivity index (χ1n) is 12.4. The standard InChI is InChI=1S/C28H29N5O3/c1-19-15-32(18-29-19)23-11-10-20(14-25(23)35-2)13-22-9-6-12-33-24-16-31(17-26(24)36-30-27(22)33)28(34)21-7-4-3-5-8-21/h3-5,7-8,10-11,13-15,18,24,26H,6,9,12,16-17H2,1-2H3/b22-13+. The van der Waals surface area contributed by atoms with E-state index in [1.807, 2.05) is 65.1 Å². The Bertz CT molecular complexity index is 1350. The van der Waals surface area contributed by atoms with Crippen molar-refractivity contribution >= 4 is 17.8 Å². The van der Waals surface area contributed by atoms with Gasteiger partial charge in [-0.05, 0) is 61.2 Å². The molecule has 2 atom stereocenters. The van der Waals surface area contributed by atoms with Gasteiger partial charge in [0.1, 0.15) is 5.75 Å². The normalized spacial score (nSPS) is 22.1. The number of hydrogen-bond acceptors (Lipinski definition) is 6. The third-order valence-electron chi connectivity index (χ3n) is 7.16. The lowest BCUT2D eigenvalue weighted by Crippen LogP contribution is -2.53. The van der Waals surface area contributed by atoms with Crippen LogP contribution in [0.3, 0.4) is 0 Å². The molecule has 3 aliphatic heterocycles. The maximum absolute atomic E-state index is 13.0. The highest BCUT2D eigenvalue weighted by Gasteiger charge is 2.45. The molecule has 0 saturated carbocycles. The lowest BCUT2D eigenvalue weighted by Gasteiger charge is -2.40. The molecule has 2 aromatic carbocycles. The van der Waals surface area contributed by atoms with Gasteiger partial charge < -0.3 is 23.9 Å². The topological polar surface area (TPSA) is 72.2 Å². The van der Waals surface area contributed by atoms with Crippen LogP contribution in [-0.2, 0) is 4.84 Å². The maximum atomic E-state index is 13.0. The molecule has 1 aromatic heterocycles. The van der Waals surface area contributed by atoms with Crippen LogP contribution in [0, 0.1) is 6.92 Å². The van der Waals surface area contributed by atoms with E-state index in [4.69, 9.17) is 9.57 Å². The number of ether oxygens (including phenoxy) is 1. The van der Waals surface area contributed by atoms with Gasteiger partial charge in [-0.25, -0.2) is 4.98 Å². The Balaban J connectivity index is 1.23. The number of imidazole rings is 1. The monoisotopic (exact) mass is 483 g/mol. The summed E-state index contributed by atoms with van der Waals surface area (Å²) in [6.07, 6.45) is 7.79. The Morgan fingerprint density at radius 3 is 2.81 bits per heavy atom. The molecule has 0 spiro atoms. The first-order chi connectivity index (χ1) is 17.6. The van der Waals surface area contributed by atoms with E-state index in [-0.39, 0.29) is 18.1 Å². The number of nitrogens with zero attached hydrogens (tertiary/aromatic N) is 5. The summed E-state index contributed by atoms with van der Waals surface area (Å²) >= 11 is 0. The molecule has 8 heteroatoms. The van der Waals surface area contributed by atoms with Crippen molar-refractivity contribution in [2.75, 3.05) is 26.7 Å². The quantitative estimate of drug-likeness (QED) is 0.563. The zero-order valence-electron chi connectivity index (χ0n) is 20.5. The average Bonchev–Trinajstić information content (AvgIpc) is 3.55. The summed E-state index contributed by atoms with van der Waals surface area (Å²) in [6.45, 7) is 4.07. The van der Waals surface area contributed by atoms with Crippen molar-refractivity contribution in [2.24, 2.45) is 5.16 Å². The molecule has 2 unspecified atom stereocenters. The van der Waals surface area contributed by atoms with Crippen molar-refractivity contribution in [3.8, 4) is 11.4 Å². The number of methoxy groups -OCH3 is 1. The minimum atomic E-state index is -0.112. The van der Waals surface area contributed by atoms with E-state index in [0.29, 0.717) is 18.7 Å². The SMILES string of the molecule is COc1cc(/C=C2\CCCN3C2=NOC2CN(C(=O)c4ccccc4)CC23)ccc1-n1cnc(C)c1. The van der Waals surface area contributed by atoms with Gasteiger partial charge >= 0.3 is 0 Å². The summed E-state index contributed by atoms with van der Waals surface area (Å²) in [6, 6.07) is 15.7. The number of rotatable bonds is 4. The van der Waals surface area contributed by atoms with Crippen molar-refractivity contribution in [1.29, 1.82) is 0 Å². The zero-order chi connectivity index (χ0) is 24.6. The van der Waals surface area contributed by atoms with E-state index in [9.17, 15) is 4.79 Å². The number of carbonyl (C=O) groups is 1. The van der Waals surface area contributed by atoms with Crippen LogP contribution in [-0.4, -0.2) is 70.0 Å². The van der Waals surface area contributed by atoms with Crippen molar-refractivity contribution < 1.29 is 14.4 Å². The molecule has 0 radical (unpaired) electrons. The molecule has 184 valence electrons. The lowest BCUT2D eigenvalue weighted by atomic mass is 9.97. The number of aryl methyl sites for hydroxylation is 1. The van der Waals surface area contributed by atoms with Crippen LogP contribution in [0.4, 0.5) is 0 Å². The number of fused-ring (bicyclic) bond motifs is 3. The molecular weight excluding hydrogens is 454 g/mol. The second-order valence-electron chi connectivity index (χ2n) is 9.52. The fourth-order valence-electron chi connectivity index (χ4n) is 5.37. The van der Waals surface area contributed by atoms with Crippen LogP contribution >= 0.6 is 0 Å². The maximum Gasteiger partial charge on any atom is 0.254 e. The zero-order valence-corrected chi connectivity index (χ0v) is 20.5. The fraction of sp³-hybridized carbons (Fsp3) is 0.321. The predicted molar refractivity (Wildman–Crippen MR) is 137 cm³/mol. The van der Waals surface area contributed by atoms with Gasteiger partial charge in [0, 0.05) is 24.8 Å². The molecule has 0 bridgehead atoms. The average molecular weight is 484 g/mol. The van der Waals surface area contributed by atoms with Crippen LogP contribution in [0.15, 0.2) is 71.8 Å². The second kappa shape index (κ2) is 9.18. The van der Waals surface area contributed by atoms with Gasteiger partial charge in [0.2, 0.25) is 0 Å². The van der Waals surface area contributed by atoms with Crippen LogP contribution < -0.4 is 4.74 Å². The largest absolute Gasteiger partial charge is 0.495 e. The third kappa shape index (κ3) is 4.02. The Morgan fingerprint density at radius 2 is 2.03 bits per heavy atom. The Morgan fingerprint density at radius 1 is 1.17 bits per heavy atom. The molecule has 0 N–H and O–H groups in total. The Kier molecular flexibility index (Phi) is 5.71. The first kappa shape index (κ1) is 22.4. The first-order valence-corrected chi connectivity index (χ1v) is 12.4. The summed E-state index contributed by atoms with van der Waals surface area (Å²) in [7, 11) is 1.68. The van der Waals surface area contributed by atoms with E-state index in [1.165, 1.54) is 0 Å². The third-order valence-corrected chi connectivity index (χ3v) is 7.16. The van der Waals surface area contributed by atoms with Crippen LogP contribution in [0.5, 0.6) is 5.75 Å². The minimum absolute atomic E-state index is 0.0446. The minimum Gasteiger partial charge on any atom is -0.495 e. The van der Waals surface area contributed by atoms with Crippen LogP contribution in [0.25, 0.3) is 11.8 Å². The summed E-state index contributed by atoms with van der Waals surface area (Å²) in [5, 5.41) is 4.54. The highest BCUT2D eigenvalue weighted by Crippen LogP contribution is 2.33. The van der Waals surface area contributed by atoms with E-state index < -0.39 is 0 Å². The molecule has 36 heavy (non-hydrogen) atoms. The number of oxime groups is 1. The number of likely N-dealkylation sites (tertiary alicyclic amines) is 1. The predicted octanol–water partition coefficient (Wildman–Crippen LogP) is 3.91. The van der Waals surface area contributed by atoms with Crippen LogP contribution in [0.1, 0.15) is 34.5 Å². The molecular formula is C28H29N5O3.